The predicted octanol–water partition coefficient (Wildman–Crippen LogP) is 3.70. The first-order chi connectivity index (χ1) is 10.1. The highest BCUT2D eigenvalue weighted by atomic mass is 79.9. The third-order valence-corrected chi connectivity index (χ3v) is 5.50. The Hall–Kier alpha value is -0.590. The number of hydrogen-bond acceptors (Lipinski definition) is 4. The molecule has 6 heteroatoms. The summed E-state index contributed by atoms with van der Waals surface area (Å²) in [5, 5.41) is 14.2. The lowest BCUT2D eigenvalue weighted by molar-refractivity contribution is -0.146. The SMILES string of the molecule is CCCNC1(C(=O)O)CCCC(Sc2ccc(Br)cn2)C1. The van der Waals surface area contributed by atoms with Crippen molar-refractivity contribution in [2.45, 2.75) is 54.8 Å². The van der Waals surface area contributed by atoms with Crippen LogP contribution in [0.15, 0.2) is 27.8 Å². The minimum absolute atomic E-state index is 0.299. The second kappa shape index (κ2) is 7.61. The van der Waals surface area contributed by atoms with Crippen LogP contribution in [0.5, 0.6) is 0 Å². The fourth-order valence-corrected chi connectivity index (χ4v) is 4.21. The Morgan fingerprint density at radius 3 is 3.05 bits per heavy atom. The molecule has 2 N–H and O–H groups in total. The summed E-state index contributed by atoms with van der Waals surface area (Å²) in [4.78, 5) is 16.1. The van der Waals surface area contributed by atoms with Crippen LogP contribution in [0, 0.1) is 0 Å². The molecule has 2 atom stereocenters. The number of halogens is 1. The van der Waals surface area contributed by atoms with Gasteiger partial charge in [0.05, 0.1) is 5.03 Å². The van der Waals surface area contributed by atoms with Crippen molar-refractivity contribution in [1.82, 2.24) is 10.3 Å². The lowest BCUT2D eigenvalue weighted by atomic mass is 9.81. The van der Waals surface area contributed by atoms with Crippen LogP contribution < -0.4 is 5.32 Å². The van der Waals surface area contributed by atoms with E-state index in [0.29, 0.717) is 18.1 Å². The Labute approximate surface area is 138 Å². The Balaban J connectivity index is 2.04. The maximum Gasteiger partial charge on any atom is 0.323 e. The summed E-state index contributed by atoms with van der Waals surface area (Å²) >= 11 is 5.07. The molecular weight excluding hydrogens is 352 g/mol. The summed E-state index contributed by atoms with van der Waals surface area (Å²) in [6.45, 7) is 2.81. The van der Waals surface area contributed by atoms with Crippen LogP contribution in [0.4, 0.5) is 0 Å². The maximum absolute atomic E-state index is 11.7. The highest BCUT2D eigenvalue weighted by Crippen LogP contribution is 2.38. The molecule has 0 saturated heterocycles. The Morgan fingerprint density at radius 1 is 1.62 bits per heavy atom. The molecule has 4 nitrogen and oxygen atoms in total. The number of carboxylic acids is 1. The molecule has 1 heterocycles. The highest BCUT2D eigenvalue weighted by molar-refractivity contribution is 9.10. The Bertz CT molecular complexity index is 483. The Kier molecular flexibility index (Phi) is 6.08. The number of carboxylic acid groups (broad SMARTS) is 1. The first-order valence-electron chi connectivity index (χ1n) is 7.32. The molecule has 0 bridgehead atoms. The average Bonchev–Trinajstić information content (AvgIpc) is 2.48. The van der Waals surface area contributed by atoms with Gasteiger partial charge in [-0.1, -0.05) is 6.92 Å². The summed E-state index contributed by atoms with van der Waals surface area (Å²) in [7, 11) is 0. The molecule has 1 saturated carbocycles. The zero-order valence-electron chi connectivity index (χ0n) is 12.1. The molecule has 2 rings (SSSR count). The average molecular weight is 373 g/mol. The zero-order chi connectivity index (χ0) is 15.3. The lowest BCUT2D eigenvalue weighted by Gasteiger charge is -2.38. The van der Waals surface area contributed by atoms with E-state index < -0.39 is 11.5 Å². The molecule has 1 fully saturated rings. The number of carbonyl (C=O) groups is 1. The van der Waals surface area contributed by atoms with Crippen molar-refractivity contribution < 1.29 is 9.90 Å². The maximum atomic E-state index is 11.7. The molecule has 0 aliphatic heterocycles. The largest absolute Gasteiger partial charge is 0.480 e. The molecule has 0 radical (unpaired) electrons. The van der Waals surface area contributed by atoms with Crippen LogP contribution >= 0.6 is 27.7 Å². The van der Waals surface area contributed by atoms with Crippen molar-refractivity contribution in [3.05, 3.63) is 22.8 Å². The fourth-order valence-electron chi connectivity index (χ4n) is 2.72. The predicted molar refractivity (Wildman–Crippen MR) is 88.7 cm³/mol. The van der Waals surface area contributed by atoms with E-state index in [0.717, 1.165) is 35.3 Å². The number of aliphatic carboxylic acids is 1. The normalized spacial score (nSPS) is 25.7. The molecule has 116 valence electrons. The van der Waals surface area contributed by atoms with Gasteiger partial charge in [0.1, 0.15) is 5.54 Å². The van der Waals surface area contributed by atoms with E-state index in [1.165, 1.54) is 0 Å². The van der Waals surface area contributed by atoms with Gasteiger partial charge in [-0.25, -0.2) is 4.98 Å². The van der Waals surface area contributed by atoms with Gasteiger partial charge in [0.25, 0.3) is 0 Å². The van der Waals surface area contributed by atoms with E-state index in [1.54, 1.807) is 18.0 Å². The molecule has 1 aromatic rings. The smallest absolute Gasteiger partial charge is 0.323 e. The summed E-state index contributed by atoms with van der Waals surface area (Å²) in [5.41, 5.74) is -0.763. The van der Waals surface area contributed by atoms with Gasteiger partial charge in [0, 0.05) is 15.9 Å². The highest BCUT2D eigenvalue weighted by Gasteiger charge is 2.42. The van der Waals surface area contributed by atoms with Crippen molar-refractivity contribution in [3.63, 3.8) is 0 Å². The number of pyridine rings is 1. The first-order valence-corrected chi connectivity index (χ1v) is 8.99. The third-order valence-electron chi connectivity index (χ3n) is 3.82. The van der Waals surface area contributed by atoms with Crippen LogP contribution in [0.3, 0.4) is 0 Å². The van der Waals surface area contributed by atoms with E-state index in [1.807, 2.05) is 12.1 Å². The zero-order valence-corrected chi connectivity index (χ0v) is 14.5. The molecule has 0 spiro atoms. The molecule has 1 aromatic heterocycles. The lowest BCUT2D eigenvalue weighted by Crippen LogP contribution is -2.55. The molecule has 0 amide bonds. The topological polar surface area (TPSA) is 62.2 Å². The van der Waals surface area contributed by atoms with Gasteiger partial charge in [-0.05, 0) is 66.7 Å². The number of nitrogens with zero attached hydrogens (tertiary/aromatic N) is 1. The second-order valence-electron chi connectivity index (χ2n) is 5.46. The minimum atomic E-state index is -0.763. The van der Waals surface area contributed by atoms with E-state index in [4.69, 9.17) is 0 Å². The molecular formula is C15H21BrN2O2S. The number of thioether (sulfide) groups is 1. The van der Waals surface area contributed by atoms with Gasteiger partial charge in [-0.2, -0.15) is 0 Å². The summed E-state index contributed by atoms with van der Waals surface area (Å²) < 4.78 is 0.958. The molecule has 0 aromatic carbocycles. The van der Waals surface area contributed by atoms with Crippen LogP contribution in [0.2, 0.25) is 0 Å². The molecule has 1 aliphatic carbocycles. The molecule has 2 unspecified atom stereocenters. The van der Waals surface area contributed by atoms with Crippen LogP contribution in [-0.2, 0) is 4.79 Å². The first kappa shape index (κ1) is 16.8. The minimum Gasteiger partial charge on any atom is -0.480 e. The second-order valence-corrected chi connectivity index (χ2v) is 7.70. The van der Waals surface area contributed by atoms with Crippen LogP contribution in [0.1, 0.15) is 39.0 Å². The van der Waals surface area contributed by atoms with Crippen molar-refractivity contribution in [3.8, 4) is 0 Å². The van der Waals surface area contributed by atoms with Crippen molar-refractivity contribution in [1.29, 1.82) is 0 Å². The number of nitrogens with one attached hydrogen (secondary N) is 1. The van der Waals surface area contributed by atoms with Crippen molar-refractivity contribution in [2.24, 2.45) is 0 Å². The van der Waals surface area contributed by atoms with Gasteiger partial charge in [0.15, 0.2) is 0 Å². The summed E-state index contributed by atoms with van der Waals surface area (Å²) in [6, 6.07) is 3.95. The van der Waals surface area contributed by atoms with E-state index in [-0.39, 0.29) is 0 Å². The summed E-state index contributed by atoms with van der Waals surface area (Å²) in [5.74, 6) is -0.718. The molecule has 21 heavy (non-hydrogen) atoms. The monoisotopic (exact) mass is 372 g/mol. The molecule has 1 aliphatic rings. The number of rotatable bonds is 6. The van der Waals surface area contributed by atoms with Gasteiger partial charge in [-0.3, -0.25) is 4.79 Å². The van der Waals surface area contributed by atoms with Crippen LogP contribution in [0.25, 0.3) is 0 Å². The van der Waals surface area contributed by atoms with Crippen LogP contribution in [-0.4, -0.2) is 33.4 Å². The van der Waals surface area contributed by atoms with Gasteiger partial charge in [0.2, 0.25) is 0 Å². The van der Waals surface area contributed by atoms with Gasteiger partial charge in [-0.15, -0.1) is 11.8 Å². The van der Waals surface area contributed by atoms with Crippen molar-refractivity contribution >= 4 is 33.7 Å². The number of aromatic nitrogens is 1. The number of hydrogen-bond donors (Lipinski definition) is 2. The Morgan fingerprint density at radius 2 is 2.43 bits per heavy atom. The van der Waals surface area contributed by atoms with E-state index >= 15 is 0 Å². The van der Waals surface area contributed by atoms with Crippen molar-refractivity contribution in [2.75, 3.05) is 6.54 Å². The van der Waals surface area contributed by atoms with E-state index in [2.05, 4.69) is 33.2 Å². The fraction of sp³-hybridized carbons (Fsp3) is 0.600. The quantitative estimate of drug-likeness (QED) is 0.796. The summed E-state index contributed by atoms with van der Waals surface area (Å²) in [6.07, 6.45) is 6.09. The van der Waals surface area contributed by atoms with Gasteiger partial charge < -0.3 is 10.4 Å². The third kappa shape index (κ3) is 4.44. The van der Waals surface area contributed by atoms with E-state index in [9.17, 15) is 9.90 Å². The standard InChI is InChI=1S/C15H21BrN2O2S/c1-2-8-18-15(14(19)20)7-3-4-12(9-15)21-13-6-5-11(16)10-17-13/h5-6,10,12,18H,2-4,7-9H2,1H3,(H,19,20). The van der Waals surface area contributed by atoms with Gasteiger partial charge >= 0.3 is 5.97 Å².